The Hall–Kier alpha value is -1.05. The summed E-state index contributed by atoms with van der Waals surface area (Å²) in [4.78, 5) is 27.5. The number of likely N-dealkylation sites (N-methyl/N-ethyl adjacent to an activating group) is 2. The maximum Gasteiger partial charge on any atom is 0.265 e. The van der Waals surface area contributed by atoms with Gasteiger partial charge in [0.05, 0.1) is 3.79 Å². The van der Waals surface area contributed by atoms with E-state index < -0.39 is 0 Å². The minimum Gasteiger partial charge on any atom is -0.288 e. The Labute approximate surface area is 122 Å². The summed E-state index contributed by atoms with van der Waals surface area (Å²) in [6.45, 7) is 0. The van der Waals surface area contributed by atoms with Gasteiger partial charge in [0, 0.05) is 19.0 Å². The van der Waals surface area contributed by atoms with E-state index in [1.54, 1.807) is 20.2 Å². The van der Waals surface area contributed by atoms with Crippen molar-refractivity contribution >= 4 is 62.5 Å². The molecule has 0 bridgehead atoms. The molecule has 94 valence electrons. The molecule has 0 N–H and O–H groups in total. The molecule has 18 heavy (non-hydrogen) atoms. The van der Waals surface area contributed by atoms with Gasteiger partial charge in [-0.3, -0.25) is 19.4 Å². The fraction of sp³-hybridized carbons (Fsp3) is 0.182. The van der Waals surface area contributed by atoms with Crippen LogP contribution < -0.4 is 0 Å². The second-order valence-corrected chi connectivity index (χ2v) is 6.57. The summed E-state index contributed by atoms with van der Waals surface area (Å²) in [5, 5.41) is 0.217. The molecule has 2 amide bonds. The zero-order valence-electron chi connectivity index (χ0n) is 9.64. The van der Waals surface area contributed by atoms with Crippen LogP contribution in [0.2, 0.25) is 0 Å². The summed E-state index contributed by atoms with van der Waals surface area (Å²) in [6.07, 6.45) is 1.59. The van der Waals surface area contributed by atoms with Crippen LogP contribution in [0.5, 0.6) is 0 Å². The molecule has 1 aliphatic rings. The largest absolute Gasteiger partial charge is 0.288 e. The molecule has 0 aromatic carbocycles. The highest BCUT2D eigenvalue weighted by molar-refractivity contribution is 9.11. The zero-order valence-corrected chi connectivity index (χ0v) is 12.9. The quantitative estimate of drug-likeness (QED) is 0.445. The zero-order chi connectivity index (χ0) is 13.4. The van der Waals surface area contributed by atoms with Gasteiger partial charge in [0.25, 0.3) is 11.8 Å². The monoisotopic (exact) mass is 344 g/mol. The maximum atomic E-state index is 12.0. The lowest BCUT2D eigenvalue weighted by Crippen LogP contribution is -2.52. The molecule has 7 heteroatoms. The van der Waals surface area contributed by atoms with Crippen LogP contribution in [0.1, 0.15) is 4.88 Å². The molecule has 1 saturated heterocycles. The third kappa shape index (κ3) is 2.25. The third-order valence-electron chi connectivity index (χ3n) is 2.52. The van der Waals surface area contributed by atoms with Gasteiger partial charge < -0.3 is 0 Å². The van der Waals surface area contributed by atoms with Crippen molar-refractivity contribution in [3.8, 4) is 0 Å². The number of rotatable bonds is 1. The average molecular weight is 345 g/mol. The van der Waals surface area contributed by atoms with E-state index in [9.17, 15) is 9.59 Å². The summed E-state index contributed by atoms with van der Waals surface area (Å²) in [6, 6.07) is 3.71. The smallest absolute Gasteiger partial charge is 0.265 e. The van der Waals surface area contributed by atoms with E-state index in [1.165, 1.54) is 21.1 Å². The Morgan fingerprint density at radius 3 is 2.22 bits per heavy atom. The predicted molar refractivity (Wildman–Crippen MR) is 78.1 cm³/mol. The molecule has 1 aliphatic heterocycles. The molecule has 1 aromatic rings. The van der Waals surface area contributed by atoms with Crippen LogP contribution in [0.4, 0.5) is 0 Å². The molecular weight excluding hydrogens is 336 g/mol. The first-order valence-corrected chi connectivity index (χ1v) is 7.00. The molecule has 2 rings (SSSR count). The third-order valence-corrected chi connectivity index (χ3v) is 4.64. The van der Waals surface area contributed by atoms with Crippen molar-refractivity contribution in [1.29, 1.82) is 0 Å². The topological polar surface area (TPSA) is 40.6 Å². The van der Waals surface area contributed by atoms with Crippen molar-refractivity contribution in [2.75, 3.05) is 14.1 Å². The van der Waals surface area contributed by atoms with Crippen molar-refractivity contribution in [3.63, 3.8) is 0 Å². The normalized spacial score (nSPS) is 16.6. The summed E-state index contributed by atoms with van der Waals surface area (Å²) >= 11 is 9.80. The van der Waals surface area contributed by atoms with Crippen LogP contribution in [-0.2, 0) is 9.59 Å². The van der Waals surface area contributed by atoms with E-state index in [2.05, 4.69) is 15.9 Å². The van der Waals surface area contributed by atoms with Gasteiger partial charge in [-0.15, -0.1) is 11.3 Å². The number of thiophene rings is 1. The minimum absolute atomic E-state index is 0.128. The fourth-order valence-electron chi connectivity index (χ4n) is 1.52. The number of hydrogen-bond donors (Lipinski definition) is 0. The number of halogens is 1. The highest BCUT2D eigenvalue weighted by Crippen LogP contribution is 2.26. The lowest BCUT2D eigenvalue weighted by molar-refractivity contribution is -0.132. The van der Waals surface area contributed by atoms with Gasteiger partial charge >= 0.3 is 0 Å². The van der Waals surface area contributed by atoms with E-state index in [4.69, 9.17) is 12.2 Å². The van der Waals surface area contributed by atoms with Gasteiger partial charge in [0.15, 0.2) is 5.11 Å². The van der Waals surface area contributed by atoms with Crippen molar-refractivity contribution < 1.29 is 9.59 Å². The fourth-order valence-corrected chi connectivity index (χ4v) is 3.06. The second-order valence-electron chi connectivity index (χ2n) is 3.71. The van der Waals surface area contributed by atoms with E-state index in [0.29, 0.717) is 0 Å². The highest BCUT2D eigenvalue weighted by Gasteiger charge is 2.35. The van der Waals surface area contributed by atoms with E-state index in [-0.39, 0.29) is 22.5 Å². The summed E-state index contributed by atoms with van der Waals surface area (Å²) < 4.78 is 0.947. The summed E-state index contributed by atoms with van der Waals surface area (Å²) in [5.74, 6) is -0.736. The van der Waals surface area contributed by atoms with Crippen LogP contribution >= 0.6 is 39.5 Å². The molecule has 0 saturated carbocycles. The SMILES string of the molecule is CN1C(=O)C(=Cc2ccc(Br)s2)C(=O)N(C)C1=S. The maximum absolute atomic E-state index is 12.0. The number of nitrogens with zero attached hydrogens (tertiary/aromatic N) is 2. The van der Waals surface area contributed by atoms with Crippen molar-refractivity contribution in [2.45, 2.75) is 0 Å². The van der Waals surface area contributed by atoms with Crippen LogP contribution in [0.15, 0.2) is 21.5 Å². The highest BCUT2D eigenvalue weighted by atomic mass is 79.9. The average Bonchev–Trinajstić information content (AvgIpc) is 2.75. The number of carbonyl (C=O) groups excluding carboxylic acids is 2. The molecule has 0 atom stereocenters. The molecular formula is C11H9BrN2O2S2. The van der Waals surface area contributed by atoms with Crippen LogP contribution in [0, 0.1) is 0 Å². The lowest BCUT2D eigenvalue weighted by Gasteiger charge is -2.31. The van der Waals surface area contributed by atoms with Gasteiger partial charge in [-0.05, 0) is 46.4 Å². The molecule has 1 fully saturated rings. The van der Waals surface area contributed by atoms with Gasteiger partial charge in [-0.25, -0.2) is 0 Å². The van der Waals surface area contributed by atoms with Crippen LogP contribution in [0.25, 0.3) is 6.08 Å². The summed E-state index contributed by atoms with van der Waals surface area (Å²) in [5.41, 5.74) is 0.128. The Morgan fingerprint density at radius 2 is 1.78 bits per heavy atom. The van der Waals surface area contributed by atoms with Gasteiger partial charge in [-0.2, -0.15) is 0 Å². The minimum atomic E-state index is -0.368. The number of carbonyl (C=O) groups is 2. The number of hydrogen-bond acceptors (Lipinski definition) is 4. The second kappa shape index (κ2) is 4.91. The first kappa shape index (κ1) is 13.4. The van der Waals surface area contributed by atoms with Crippen molar-refractivity contribution in [1.82, 2.24) is 9.80 Å². The molecule has 0 unspecified atom stereocenters. The standard InChI is InChI=1S/C11H9BrN2O2S2/c1-13-9(15)7(10(16)14(2)11(13)17)5-6-3-4-8(12)18-6/h3-5H,1-2H3. The molecule has 1 aromatic heterocycles. The first-order valence-electron chi connectivity index (χ1n) is 4.99. The molecule has 0 aliphatic carbocycles. The Kier molecular flexibility index (Phi) is 3.65. The molecule has 2 heterocycles. The molecule has 4 nitrogen and oxygen atoms in total. The van der Waals surface area contributed by atoms with E-state index in [1.807, 2.05) is 12.1 Å². The molecule has 0 spiro atoms. The van der Waals surface area contributed by atoms with Gasteiger partial charge in [0.2, 0.25) is 0 Å². The predicted octanol–water partition coefficient (Wildman–Crippen LogP) is 2.11. The Morgan fingerprint density at radius 1 is 1.22 bits per heavy atom. The Bertz CT molecular complexity index is 553. The lowest BCUT2D eigenvalue weighted by atomic mass is 10.1. The first-order chi connectivity index (χ1) is 8.41. The van der Waals surface area contributed by atoms with E-state index in [0.717, 1.165) is 8.66 Å². The van der Waals surface area contributed by atoms with Gasteiger partial charge in [0.1, 0.15) is 5.57 Å². The summed E-state index contributed by atoms with van der Waals surface area (Å²) in [7, 11) is 3.12. The van der Waals surface area contributed by atoms with Crippen molar-refractivity contribution in [3.05, 3.63) is 26.4 Å². The van der Waals surface area contributed by atoms with Crippen LogP contribution in [-0.4, -0.2) is 40.8 Å². The molecule has 0 radical (unpaired) electrons. The number of thiocarbonyl (C=S) groups is 1. The van der Waals surface area contributed by atoms with Crippen LogP contribution in [0.3, 0.4) is 0 Å². The van der Waals surface area contributed by atoms with E-state index >= 15 is 0 Å². The number of amides is 2. The Balaban J connectivity index is 2.43. The van der Waals surface area contributed by atoms with Gasteiger partial charge in [-0.1, -0.05) is 0 Å². The van der Waals surface area contributed by atoms with Crippen molar-refractivity contribution in [2.24, 2.45) is 0 Å².